The van der Waals surface area contributed by atoms with Gasteiger partial charge < -0.3 is 19.5 Å². The number of nitrogens with one attached hydrogen (secondary N) is 1. The number of anilines is 1. The van der Waals surface area contributed by atoms with E-state index in [0.717, 1.165) is 11.3 Å². The van der Waals surface area contributed by atoms with Gasteiger partial charge in [-0.2, -0.15) is 0 Å². The van der Waals surface area contributed by atoms with Gasteiger partial charge in [-0.05, 0) is 45.4 Å². The van der Waals surface area contributed by atoms with Gasteiger partial charge in [0.1, 0.15) is 22.0 Å². The number of aryl methyl sites for hydroxylation is 1. The first-order valence-corrected chi connectivity index (χ1v) is 12.0. The molecule has 3 rings (SSSR count). The van der Waals surface area contributed by atoms with Gasteiger partial charge >= 0.3 is 5.97 Å². The number of esters is 1. The highest BCUT2D eigenvalue weighted by molar-refractivity contribution is 7.18. The predicted octanol–water partition coefficient (Wildman–Crippen LogP) is 5.85. The Morgan fingerprint density at radius 1 is 1.12 bits per heavy atom. The van der Waals surface area contributed by atoms with Gasteiger partial charge in [-0.25, -0.2) is 4.79 Å². The second-order valence-corrected chi connectivity index (χ2v) is 9.08. The van der Waals surface area contributed by atoms with E-state index in [1.807, 2.05) is 13.8 Å². The van der Waals surface area contributed by atoms with Crippen LogP contribution in [-0.4, -0.2) is 48.0 Å². The van der Waals surface area contributed by atoms with E-state index in [9.17, 15) is 14.4 Å². The van der Waals surface area contributed by atoms with Crippen LogP contribution in [0.4, 0.5) is 5.00 Å². The first-order valence-electron chi connectivity index (χ1n) is 10.4. The van der Waals surface area contributed by atoms with Crippen molar-refractivity contribution >= 4 is 57.3 Å². The summed E-state index contributed by atoms with van der Waals surface area (Å²) in [7, 11) is 1.23. The van der Waals surface area contributed by atoms with Gasteiger partial charge in [-0.3, -0.25) is 9.59 Å². The number of rotatable bonds is 7. The summed E-state index contributed by atoms with van der Waals surface area (Å²) in [4.78, 5) is 40.9. The van der Waals surface area contributed by atoms with Gasteiger partial charge in [-0.15, -0.1) is 11.3 Å². The Labute approximate surface area is 210 Å². The number of benzene rings is 1. The molecule has 0 saturated carbocycles. The zero-order valence-corrected chi connectivity index (χ0v) is 21.6. The minimum Gasteiger partial charge on any atom is -0.465 e. The topological polar surface area (TPSA) is 102 Å². The van der Waals surface area contributed by atoms with Crippen LogP contribution in [-0.2, 0) is 4.74 Å². The maximum absolute atomic E-state index is 13.4. The molecule has 0 saturated heterocycles. The lowest BCUT2D eigenvalue weighted by molar-refractivity contribution is 0.0601. The molecule has 2 aromatic heterocycles. The maximum Gasteiger partial charge on any atom is 0.341 e. The van der Waals surface area contributed by atoms with Gasteiger partial charge in [-0.1, -0.05) is 34.4 Å². The molecule has 0 bridgehead atoms. The molecule has 8 nitrogen and oxygen atoms in total. The number of halogens is 2. The molecular weight excluding hydrogens is 501 g/mol. The summed E-state index contributed by atoms with van der Waals surface area (Å²) in [5.41, 5.74) is 1.16. The zero-order valence-electron chi connectivity index (χ0n) is 19.2. The normalized spacial score (nSPS) is 10.8. The van der Waals surface area contributed by atoms with Crippen molar-refractivity contribution in [3.05, 3.63) is 55.6 Å². The fourth-order valence-electron chi connectivity index (χ4n) is 3.51. The first-order chi connectivity index (χ1) is 16.2. The largest absolute Gasteiger partial charge is 0.465 e. The quantitative estimate of drug-likeness (QED) is 0.389. The van der Waals surface area contributed by atoms with Crippen molar-refractivity contribution in [2.45, 2.75) is 27.7 Å². The van der Waals surface area contributed by atoms with Crippen molar-refractivity contribution in [2.24, 2.45) is 0 Å². The van der Waals surface area contributed by atoms with Gasteiger partial charge in [0.05, 0.1) is 27.6 Å². The van der Waals surface area contributed by atoms with E-state index in [1.54, 1.807) is 36.9 Å². The van der Waals surface area contributed by atoms with Crippen molar-refractivity contribution in [3.8, 4) is 11.3 Å². The third-order valence-corrected chi connectivity index (χ3v) is 7.12. The van der Waals surface area contributed by atoms with Gasteiger partial charge in [0.15, 0.2) is 0 Å². The van der Waals surface area contributed by atoms with Crippen molar-refractivity contribution in [1.82, 2.24) is 10.1 Å². The summed E-state index contributed by atoms with van der Waals surface area (Å²) in [6, 6.07) is 4.92. The molecule has 0 aliphatic carbocycles. The number of nitrogens with zero attached hydrogens (tertiary/aromatic N) is 2. The van der Waals surface area contributed by atoms with Gasteiger partial charge in [0, 0.05) is 18.7 Å². The Morgan fingerprint density at radius 2 is 1.74 bits per heavy atom. The third kappa shape index (κ3) is 4.68. The lowest BCUT2D eigenvalue weighted by Gasteiger charge is -2.17. The number of methoxy groups -OCH3 is 1. The Bertz CT molecular complexity index is 1240. The van der Waals surface area contributed by atoms with E-state index in [-0.39, 0.29) is 33.5 Å². The van der Waals surface area contributed by atoms with Crippen LogP contribution in [0.25, 0.3) is 11.3 Å². The maximum atomic E-state index is 13.4. The molecular formula is C23H23Cl2N3O5S. The Balaban J connectivity index is 2.08. The molecule has 3 aromatic rings. The Kier molecular flexibility index (Phi) is 8.01. The molecule has 180 valence electrons. The van der Waals surface area contributed by atoms with Crippen LogP contribution in [0.1, 0.15) is 55.6 Å². The van der Waals surface area contributed by atoms with Crippen LogP contribution in [0.2, 0.25) is 10.0 Å². The molecule has 1 aromatic carbocycles. The molecule has 34 heavy (non-hydrogen) atoms. The molecule has 0 atom stereocenters. The monoisotopic (exact) mass is 523 g/mol. The number of hydrogen-bond donors (Lipinski definition) is 1. The average Bonchev–Trinajstić information content (AvgIpc) is 3.33. The Morgan fingerprint density at radius 3 is 2.29 bits per heavy atom. The molecule has 0 radical (unpaired) electrons. The standard InChI is InChI=1S/C23H23Cl2N3O5S/c1-6-28(7-2)22(30)19-11(3)15(23(31)32-5)21(34-19)26-20(29)16-12(4)33-27-18(16)17-13(24)9-8-10-14(17)25/h8-10H,6-7H2,1-5H3,(H,26,29). The number of aromatic nitrogens is 1. The fraction of sp³-hybridized carbons (Fsp3) is 0.304. The lowest BCUT2D eigenvalue weighted by atomic mass is 10.1. The number of thiophene rings is 1. The second kappa shape index (κ2) is 10.6. The van der Waals surface area contributed by atoms with E-state index >= 15 is 0 Å². The summed E-state index contributed by atoms with van der Waals surface area (Å²) < 4.78 is 10.2. The van der Waals surface area contributed by atoms with E-state index in [0.29, 0.717) is 39.1 Å². The summed E-state index contributed by atoms with van der Waals surface area (Å²) in [6.45, 7) is 7.96. The number of hydrogen-bond acceptors (Lipinski definition) is 7. The van der Waals surface area contributed by atoms with Crippen molar-refractivity contribution in [2.75, 3.05) is 25.5 Å². The van der Waals surface area contributed by atoms with Crippen molar-refractivity contribution < 1.29 is 23.6 Å². The fourth-order valence-corrected chi connectivity index (χ4v) is 5.24. The second-order valence-electron chi connectivity index (χ2n) is 7.24. The van der Waals surface area contributed by atoms with Crippen molar-refractivity contribution in [3.63, 3.8) is 0 Å². The molecule has 0 spiro atoms. The van der Waals surface area contributed by atoms with Crippen LogP contribution < -0.4 is 5.32 Å². The number of carbonyl (C=O) groups excluding carboxylic acids is 3. The SMILES string of the molecule is CCN(CC)C(=O)c1sc(NC(=O)c2c(-c3c(Cl)cccc3Cl)noc2C)c(C(=O)OC)c1C. The summed E-state index contributed by atoms with van der Waals surface area (Å²) in [6.07, 6.45) is 0. The molecule has 0 fully saturated rings. The minimum absolute atomic E-state index is 0.105. The first kappa shape index (κ1) is 25.7. The number of carbonyl (C=O) groups is 3. The molecule has 2 amide bonds. The van der Waals surface area contributed by atoms with E-state index in [2.05, 4.69) is 10.5 Å². The van der Waals surface area contributed by atoms with Crippen LogP contribution in [0, 0.1) is 13.8 Å². The van der Waals surface area contributed by atoms with Crippen LogP contribution in [0.5, 0.6) is 0 Å². The van der Waals surface area contributed by atoms with Crippen molar-refractivity contribution in [1.29, 1.82) is 0 Å². The molecule has 0 aliphatic heterocycles. The van der Waals surface area contributed by atoms with E-state index < -0.39 is 11.9 Å². The van der Waals surface area contributed by atoms with Gasteiger partial charge in [0.25, 0.3) is 11.8 Å². The third-order valence-electron chi connectivity index (χ3n) is 5.30. The minimum atomic E-state index is -0.668. The molecule has 0 aliphatic rings. The van der Waals surface area contributed by atoms with Crippen LogP contribution in [0.15, 0.2) is 22.7 Å². The molecule has 2 heterocycles. The molecule has 11 heteroatoms. The summed E-state index contributed by atoms with van der Waals surface area (Å²) >= 11 is 13.6. The van der Waals surface area contributed by atoms with Crippen LogP contribution in [0.3, 0.4) is 0 Å². The highest BCUT2D eigenvalue weighted by Crippen LogP contribution is 2.39. The average molecular weight is 524 g/mol. The van der Waals surface area contributed by atoms with E-state index in [1.165, 1.54) is 7.11 Å². The smallest absolute Gasteiger partial charge is 0.341 e. The summed E-state index contributed by atoms with van der Waals surface area (Å²) in [5, 5.41) is 7.49. The highest BCUT2D eigenvalue weighted by Gasteiger charge is 2.30. The van der Waals surface area contributed by atoms with Crippen LogP contribution >= 0.6 is 34.5 Å². The highest BCUT2D eigenvalue weighted by atomic mass is 35.5. The van der Waals surface area contributed by atoms with E-state index in [4.69, 9.17) is 32.5 Å². The number of amides is 2. The number of ether oxygens (including phenoxy) is 1. The summed E-state index contributed by atoms with van der Waals surface area (Å²) in [5.74, 6) is -1.27. The predicted molar refractivity (Wildman–Crippen MR) is 132 cm³/mol. The zero-order chi connectivity index (χ0) is 25.2. The molecule has 1 N–H and O–H groups in total. The Hall–Kier alpha value is -2.88. The molecule has 0 unspecified atom stereocenters. The van der Waals surface area contributed by atoms with Gasteiger partial charge in [0.2, 0.25) is 0 Å². The lowest BCUT2D eigenvalue weighted by Crippen LogP contribution is -2.30.